The largest absolute Gasteiger partial charge is 0.454 e. The van der Waals surface area contributed by atoms with Crippen molar-refractivity contribution in [3.05, 3.63) is 41.4 Å². The molecule has 0 fully saturated rings. The number of fused-ring (bicyclic) bond motifs is 2. The Bertz CT molecular complexity index is 959. The lowest BCUT2D eigenvalue weighted by Crippen LogP contribution is -2.22. The first-order valence-corrected chi connectivity index (χ1v) is 8.77. The zero-order chi connectivity index (χ0) is 17.4. The molecule has 1 N–H and O–H groups in total. The smallest absolute Gasteiger partial charge is 0.257 e. The molecule has 0 unspecified atom stereocenters. The van der Waals surface area contributed by atoms with Crippen LogP contribution in [0.1, 0.15) is 6.92 Å². The highest BCUT2D eigenvalue weighted by molar-refractivity contribution is 8.00. The quantitative estimate of drug-likeness (QED) is 0.683. The third-order valence-corrected chi connectivity index (χ3v) is 4.80. The number of aromatic nitrogens is 1. The lowest BCUT2D eigenvalue weighted by Gasteiger charge is -2.10. The van der Waals surface area contributed by atoms with Gasteiger partial charge < -0.3 is 19.2 Å². The van der Waals surface area contributed by atoms with Crippen LogP contribution in [0, 0.1) is 0 Å². The fourth-order valence-electron chi connectivity index (χ4n) is 2.35. The van der Waals surface area contributed by atoms with Crippen molar-refractivity contribution in [1.29, 1.82) is 0 Å². The van der Waals surface area contributed by atoms with Crippen molar-refractivity contribution >= 4 is 46.1 Å². The van der Waals surface area contributed by atoms with E-state index in [0.29, 0.717) is 38.5 Å². The van der Waals surface area contributed by atoms with Gasteiger partial charge in [0.05, 0.1) is 5.25 Å². The fraction of sp³-hybridized carbons (Fsp3) is 0.176. The third kappa shape index (κ3) is 3.38. The topological polar surface area (TPSA) is 73.6 Å². The number of hydrogen-bond acceptors (Lipinski definition) is 6. The number of ether oxygens (including phenoxy) is 2. The molecule has 8 heteroatoms. The molecule has 2 aromatic carbocycles. The van der Waals surface area contributed by atoms with Gasteiger partial charge in [0.1, 0.15) is 5.52 Å². The number of halogens is 1. The van der Waals surface area contributed by atoms with E-state index in [9.17, 15) is 4.79 Å². The monoisotopic (exact) mass is 376 g/mol. The number of nitrogens with zero attached hydrogens (tertiary/aromatic N) is 1. The van der Waals surface area contributed by atoms with Crippen LogP contribution in [0.25, 0.3) is 11.1 Å². The minimum atomic E-state index is -0.394. The SMILES string of the molecule is C[C@@H](Sc1nc2ccc(Cl)cc2o1)C(=O)Nc1ccc2c(c1)OCO2. The molecular weight excluding hydrogens is 364 g/mol. The zero-order valence-electron chi connectivity index (χ0n) is 13.1. The van der Waals surface area contributed by atoms with Crippen LogP contribution in [-0.2, 0) is 4.79 Å². The van der Waals surface area contributed by atoms with E-state index in [0.717, 1.165) is 0 Å². The first-order valence-electron chi connectivity index (χ1n) is 7.52. The Morgan fingerprint density at radius 1 is 1.24 bits per heavy atom. The lowest BCUT2D eigenvalue weighted by atomic mass is 10.2. The lowest BCUT2D eigenvalue weighted by molar-refractivity contribution is -0.115. The first kappa shape index (κ1) is 16.1. The molecule has 2 heterocycles. The summed E-state index contributed by atoms with van der Waals surface area (Å²) in [6, 6.07) is 10.5. The summed E-state index contributed by atoms with van der Waals surface area (Å²) in [7, 11) is 0. The average Bonchev–Trinajstić information content (AvgIpc) is 3.19. The summed E-state index contributed by atoms with van der Waals surface area (Å²) in [4.78, 5) is 16.7. The Balaban J connectivity index is 1.44. The van der Waals surface area contributed by atoms with Crippen LogP contribution in [0.15, 0.2) is 46.0 Å². The van der Waals surface area contributed by atoms with Crippen molar-refractivity contribution in [2.45, 2.75) is 17.4 Å². The highest BCUT2D eigenvalue weighted by atomic mass is 35.5. The Kier molecular flexibility index (Phi) is 4.19. The van der Waals surface area contributed by atoms with Gasteiger partial charge in [0.2, 0.25) is 12.7 Å². The number of rotatable bonds is 4. The second kappa shape index (κ2) is 6.50. The summed E-state index contributed by atoms with van der Waals surface area (Å²) in [6.45, 7) is 1.98. The maximum Gasteiger partial charge on any atom is 0.257 e. The van der Waals surface area contributed by atoms with Crippen LogP contribution in [-0.4, -0.2) is 22.9 Å². The minimum Gasteiger partial charge on any atom is -0.454 e. The van der Waals surface area contributed by atoms with Gasteiger partial charge >= 0.3 is 0 Å². The number of carbonyl (C=O) groups excluding carboxylic acids is 1. The Hall–Kier alpha value is -2.38. The second-order valence-corrected chi connectivity index (χ2v) is 7.14. The molecule has 25 heavy (non-hydrogen) atoms. The molecule has 1 amide bonds. The normalized spacial score (nSPS) is 13.8. The molecule has 0 saturated carbocycles. The average molecular weight is 377 g/mol. The van der Waals surface area contributed by atoms with Gasteiger partial charge in [-0.25, -0.2) is 4.98 Å². The van der Waals surface area contributed by atoms with E-state index in [4.69, 9.17) is 25.5 Å². The number of amides is 1. The van der Waals surface area contributed by atoms with Gasteiger partial charge in [-0.05, 0) is 31.2 Å². The van der Waals surface area contributed by atoms with Gasteiger partial charge in [-0.1, -0.05) is 23.4 Å². The molecule has 3 aromatic rings. The summed E-state index contributed by atoms with van der Waals surface area (Å²) in [5.74, 6) is 1.13. The van der Waals surface area contributed by atoms with Crippen LogP contribution in [0.4, 0.5) is 5.69 Å². The molecule has 0 aliphatic carbocycles. The number of hydrogen-bond donors (Lipinski definition) is 1. The number of carbonyl (C=O) groups is 1. The molecule has 128 valence electrons. The summed E-state index contributed by atoms with van der Waals surface area (Å²) in [5.41, 5.74) is 1.94. The second-order valence-electron chi connectivity index (χ2n) is 5.41. The van der Waals surface area contributed by atoms with E-state index in [1.165, 1.54) is 11.8 Å². The predicted octanol–water partition coefficient (Wildman–Crippen LogP) is 4.33. The van der Waals surface area contributed by atoms with E-state index in [-0.39, 0.29) is 12.7 Å². The molecule has 0 spiro atoms. The molecule has 1 atom stereocenters. The van der Waals surface area contributed by atoms with E-state index in [2.05, 4.69) is 10.3 Å². The molecule has 0 radical (unpaired) electrons. The van der Waals surface area contributed by atoms with Crippen molar-refractivity contribution in [3.8, 4) is 11.5 Å². The molecule has 0 saturated heterocycles. The number of anilines is 1. The van der Waals surface area contributed by atoms with Crippen molar-refractivity contribution in [3.63, 3.8) is 0 Å². The molecule has 6 nitrogen and oxygen atoms in total. The summed E-state index contributed by atoms with van der Waals surface area (Å²) < 4.78 is 16.2. The van der Waals surface area contributed by atoms with Crippen LogP contribution in [0.3, 0.4) is 0 Å². The van der Waals surface area contributed by atoms with E-state index in [1.807, 2.05) is 0 Å². The number of thioether (sulfide) groups is 1. The number of nitrogens with one attached hydrogen (secondary N) is 1. The maximum atomic E-state index is 12.4. The minimum absolute atomic E-state index is 0.163. The van der Waals surface area contributed by atoms with Gasteiger partial charge in [0, 0.05) is 22.8 Å². The predicted molar refractivity (Wildman–Crippen MR) is 95.5 cm³/mol. The highest BCUT2D eigenvalue weighted by Gasteiger charge is 2.20. The molecule has 1 aliphatic rings. The van der Waals surface area contributed by atoms with Crippen molar-refractivity contribution in [2.75, 3.05) is 12.1 Å². The summed E-state index contributed by atoms with van der Waals surface area (Å²) in [6.07, 6.45) is 0. The summed E-state index contributed by atoms with van der Waals surface area (Å²) >= 11 is 7.18. The van der Waals surface area contributed by atoms with E-state index >= 15 is 0 Å². The van der Waals surface area contributed by atoms with Crippen LogP contribution >= 0.6 is 23.4 Å². The number of benzene rings is 2. The van der Waals surface area contributed by atoms with Crippen molar-refractivity contribution in [1.82, 2.24) is 4.98 Å². The van der Waals surface area contributed by atoms with Crippen molar-refractivity contribution in [2.24, 2.45) is 0 Å². The first-order chi connectivity index (χ1) is 12.1. The molecule has 4 rings (SSSR count). The molecule has 1 aromatic heterocycles. The molecule has 1 aliphatic heterocycles. The Morgan fingerprint density at radius 2 is 2.08 bits per heavy atom. The van der Waals surface area contributed by atoms with E-state index in [1.54, 1.807) is 43.3 Å². The highest BCUT2D eigenvalue weighted by Crippen LogP contribution is 2.34. The van der Waals surface area contributed by atoms with Gasteiger partial charge in [0.15, 0.2) is 17.1 Å². The molecular formula is C17H13ClN2O4S. The molecule has 0 bridgehead atoms. The Morgan fingerprint density at radius 3 is 2.96 bits per heavy atom. The Labute approximate surface area is 152 Å². The summed E-state index contributed by atoms with van der Waals surface area (Å²) in [5, 5.41) is 3.45. The van der Waals surface area contributed by atoms with Gasteiger partial charge in [-0.2, -0.15) is 0 Å². The maximum absolute atomic E-state index is 12.4. The standard InChI is InChI=1S/C17H13ClN2O4S/c1-9(25-17-20-12-4-2-10(18)6-14(12)24-17)16(21)19-11-3-5-13-15(7-11)23-8-22-13/h2-7,9H,8H2,1H3,(H,19,21)/t9-/m1/s1. The van der Waals surface area contributed by atoms with Crippen LogP contribution in [0.5, 0.6) is 11.5 Å². The fourth-order valence-corrected chi connectivity index (χ4v) is 3.27. The number of oxazole rings is 1. The zero-order valence-corrected chi connectivity index (χ0v) is 14.7. The third-order valence-electron chi connectivity index (χ3n) is 3.62. The van der Waals surface area contributed by atoms with Gasteiger partial charge in [-0.15, -0.1) is 0 Å². The van der Waals surface area contributed by atoms with E-state index < -0.39 is 5.25 Å². The van der Waals surface area contributed by atoms with Crippen LogP contribution in [0.2, 0.25) is 5.02 Å². The van der Waals surface area contributed by atoms with Gasteiger partial charge in [-0.3, -0.25) is 4.79 Å². The van der Waals surface area contributed by atoms with Crippen LogP contribution < -0.4 is 14.8 Å². The van der Waals surface area contributed by atoms with Gasteiger partial charge in [0.25, 0.3) is 5.22 Å². The van der Waals surface area contributed by atoms with Crippen molar-refractivity contribution < 1.29 is 18.7 Å².